The summed E-state index contributed by atoms with van der Waals surface area (Å²) in [7, 11) is 0. The van der Waals surface area contributed by atoms with Crippen molar-refractivity contribution in [2.24, 2.45) is 10.7 Å². The van der Waals surface area contributed by atoms with Crippen molar-refractivity contribution in [3.8, 4) is 0 Å². The molecule has 0 aliphatic rings. The molecule has 9 heteroatoms. The van der Waals surface area contributed by atoms with E-state index < -0.39 is 5.91 Å². The predicted octanol–water partition coefficient (Wildman–Crippen LogP) is 1.96. The van der Waals surface area contributed by atoms with Crippen LogP contribution in [0.15, 0.2) is 27.6 Å². The number of amides is 1. The zero-order valence-corrected chi connectivity index (χ0v) is 17.7. The molecular weight excluding hydrogens is 447 g/mol. The summed E-state index contributed by atoms with van der Waals surface area (Å²) in [5.41, 5.74) is 7.38. The highest BCUT2D eigenvalue weighted by Gasteiger charge is 2.07. The molecule has 0 unspecified atom stereocenters. The number of guanidine groups is 1. The number of furan rings is 1. The summed E-state index contributed by atoms with van der Waals surface area (Å²) < 4.78 is 7.33. The van der Waals surface area contributed by atoms with Crippen molar-refractivity contribution in [1.82, 2.24) is 20.4 Å². The van der Waals surface area contributed by atoms with Crippen molar-refractivity contribution in [1.29, 1.82) is 0 Å². The van der Waals surface area contributed by atoms with Gasteiger partial charge in [0.2, 0.25) is 0 Å². The second kappa shape index (κ2) is 10.8. The Hall–Kier alpha value is -2.04. The van der Waals surface area contributed by atoms with Crippen LogP contribution in [-0.2, 0) is 13.1 Å². The van der Waals surface area contributed by atoms with Gasteiger partial charge in [-0.05, 0) is 45.4 Å². The second-order valence-electron chi connectivity index (χ2n) is 5.76. The molecule has 0 bridgehead atoms. The summed E-state index contributed by atoms with van der Waals surface area (Å²) in [6.45, 7) is 8.78. The average Bonchev–Trinajstić information content (AvgIpc) is 3.15. The normalized spacial score (nSPS) is 11.1. The molecule has 0 aromatic carbocycles. The number of hydrogen-bond acceptors (Lipinski definition) is 4. The summed E-state index contributed by atoms with van der Waals surface area (Å²) in [6, 6.07) is 5.33. The van der Waals surface area contributed by atoms with Crippen LogP contribution in [0.4, 0.5) is 0 Å². The van der Waals surface area contributed by atoms with Crippen LogP contribution in [0.2, 0.25) is 0 Å². The van der Waals surface area contributed by atoms with E-state index in [1.165, 1.54) is 5.69 Å². The van der Waals surface area contributed by atoms with Crippen LogP contribution >= 0.6 is 24.0 Å². The van der Waals surface area contributed by atoms with Gasteiger partial charge < -0.3 is 20.8 Å². The molecule has 0 saturated heterocycles. The lowest BCUT2D eigenvalue weighted by Crippen LogP contribution is -2.38. The van der Waals surface area contributed by atoms with Crippen molar-refractivity contribution in [2.45, 2.75) is 40.3 Å². The molecule has 0 atom stereocenters. The van der Waals surface area contributed by atoms with Crippen LogP contribution in [0.1, 0.15) is 41.0 Å². The van der Waals surface area contributed by atoms with E-state index in [1.807, 2.05) is 18.5 Å². The molecule has 0 saturated carbocycles. The number of rotatable bonds is 8. The molecule has 0 radical (unpaired) electrons. The number of halogens is 1. The van der Waals surface area contributed by atoms with E-state index in [4.69, 9.17) is 10.2 Å². The Morgan fingerprint density at radius 2 is 2.12 bits per heavy atom. The minimum absolute atomic E-state index is 0. The third-order valence-electron chi connectivity index (χ3n) is 3.58. The Morgan fingerprint density at radius 1 is 1.35 bits per heavy atom. The Balaban J connectivity index is 0.00000338. The van der Waals surface area contributed by atoms with E-state index in [0.29, 0.717) is 18.3 Å². The first-order valence-electron chi connectivity index (χ1n) is 8.41. The van der Waals surface area contributed by atoms with Crippen LogP contribution in [0, 0.1) is 13.8 Å². The number of carbonyl (C=O) groups is 1. The van der Waals surface area contributed by atoms with Gasteiger partial charge in [0.1, 0.15) is 12.3 Å². The molecule has 8 nitrogen and oxygen atoms in total. The van der Waals surface area contributed by atoms with E-state index >= 15 is 0 Å². The summed E-state index contributed by atoms with van der Waals surface area (Å²) >= 11 is 0. The summed E-state index contributed by atoms with van der Waals surface area (Å²) in [4.78, 5) is 15.5. The zero-order valence-electron chi connectivity index (χ0n) is 15.4. The van der Waals surface area contributed by atoms with Crippen LogP contribution in [0.25, 0.3) is 0 Å². The van der Waals surface area contributed by atoms with Gasteiger partial charge in [0.25, 0.3) is 5.91 Å². The third kappa shape index (κ3) is 6.70. The first-order chi connectivity index (χ1) is 12.0. The number of primary amides is 1. The molecule has 4 N–H and O–H groups in total. The molecule has 0 spiro atoms. The van der Waals surface area contributed by atoms with Gasteiger partial charge in [-0.25, -0.2) is 4.99 Å². The smallest absolute Gasteiger partial charge is 0.284 e. The maximum Gasteiger partial charge on any atom is 0.284 e. The molecule has 2 aromatic rings. The van der Waals surface area contributed by atoms with Crippen molar-refractivity contribution in [3.63, 3.8) is 0 Å². The number of aliphatic imine (C=N–C) groups is 1. The number of nitrogens with zero attached hydrogens (tertiary/aromatic N) is 3. The maximum absolute atomic E-state index is 11.0. The van der Waals surface area contributed by atoms with Crippen molar-refractivity contribution in [2.75, 3.05) is 13.1 Å². The fourth-order valence-electron chi connectivity index (χ4n) is 2.43. The third-order valence-corrected chi connectivity index (χ3v) is 3.58. The fourth-order valence-corrected chi connectivity index (χ4v) is 2.43. The van der Waals surface area contributed by atoms with Gasteiger partial charge in [0.15, 0.2) is 11.7 Å². The Bertz CT molecular complexity index is 737. The molecular formula is C17H27IN6O2. The van der Waals surface area contributed by atoms with Crippen molar-refractivity contribution in [3.05, 3.63) is 41.1 Å². The SMILES string of the molecule is CCNC(=NCc1ccc(C(N)=O)o1)NCCCn1nc(C)cc1C.I. The van der Waals surface area contributed by atoms with Gasteiger partial charge in [-0.1, -0.05) is 0 Å². The van der Waals surface area contributed by atoms with Gasteiger partial charge in [-0.2, -0.15) is 5.10 Å². The standard InChI is InChI=1S/C17H26N6O2.HI/c1-4-19-17(21-11-14-6-7-15(25-14)16(18)24)20-8-5-9-23-13(3)10-12(2)22-23;/h6-7,10H,4-5,8-9,11H2,1-3H3,(H2,18,24)(H2,19,20,21);1H. The zero-order chi connectivity index (χ0) is 18.2. The minimum atomic E-state index is -0.579. The number of aryl methyl sites for hydroxylation is 3. The summed E-state index contributed by atoms with van der Waals surface area (Å²) in [5, 5.41) is 10.9. The molecule has 144 valence electrons. The molecule has 2 aromatic heterocycles. The number of nitrogens with one attached hydrogen (secondary N) is 2. The van der Waals surface area contributed by atoms with E-state index in [2.05, 4.69) is 33.7 Å². The highest BCUT2D eigenvalue weighted by molar-refractivity contribution is 14.0. The number of hydrogen-bond donors (Lipinski definition) is 3. The molecule has 2 heterocycles. The average molecular weight is 474 g/mol. The first kappa shape index (κ1) is 22.0. The number of aromatic nitrogens is 2. The quantitative estimate of drug-likeness (QED) is 0.235. The van der Waals surface area contributed by atoms with Gasteiger partial charge in [0, 0.05) is 25.3 Å². The van der Waals surface area contributed by atoms with Crippen LogP contribution in [0.5, 0.6) is 0 Å². The highest BCUT2D eigenvalue weighted by Crippen LogP contribution is 2.08. The number of nitrogens with two attached hydrogens (primary N) is 1. The van der Waals surface area contributed by atoms with E-state index in [-0.39, 0.29) is 29.7 Å². The fraction of sp³-hybridized carbons (Fsp3) is 0.471. The lowest BCUT2D eigenvalue weighted by Gasteiger charge is -2.11. The van der Waals surface area contributed by atoms with Gasteiger partial charge in [0.05, 0.1) is 5.69 Å². The van der Waals surface area contributed by atoms with E-state index in [0.717, 1.165) is 31.7 Å². The maximum atomic E-state index is 11.0. The Morgan fingerprint density at radius 3 is 2.69 bits per heavy atom. The molecule has 0 fully saturated rings. The van der Waals surface area contributed by atoms with Crippen LogP contribution < -0.4 is 16.4 Å². The lowest BCUT2D eigenvalue weighted by molar-refractivity contribution is 0.0972. The topological polar surface area (TPSA) is 110 Å². The molecule has 0 aliphatic carbocycles. The largest absolute Gasteiger partial charge is 0.454 e. The molecule has 0 aliphatic heterocycles. The lowest BCUT2D eigenvalue weighted by atomic mass is 10.4. The number of carbonyl (C=O) groups excluding carboxylic acids is 1. The van der Waals surface area contributed by atoms with Crippen molar-refractivity contribution < 1.29 is 9.21 Å². The summed E-state index contributed by atoms with van der Waals surface area (Å²) in [6.07, 6.45) is 0.930. The molecule has 2 rings (SSSR count). The van der Waals surface area contributed by atoms with Gasteiger partial charge in [-0.15, -0.1) is 24.0 Å². The highest BCUT2D eigenvalue weighted by atomic mass is 127. The first-order valence-corrected chi connectivity index (χ1v) is 8.41. The Kier molecular flexibility index (Phi) is 9.17. The van der Waals surface area contributed by atoms with E-state index in [1.54, 1.807) is 12.1 Å². The van der Waals surface area contributed by atoms with Crippen LogP contribution in [0.3, 0.4) is 0 Å². The van der Waals surface area contributed by atoms with Gasteiger partial charge >= 0.3 is 0 Å². The molecule has 1 amide bonds. The Labute approximate surface area is 170 Å². The van der Waals surface area contributed by atoms with Gasteiger partial charge in [-0.3, -0.25) is 9.48 Å². The monoisotopic (exact) mass is 474 g/mol. The van der Waals surface area contributed by atoms with Crippen molar-refractivity contribution >= 4 is 35.8 Å². The molecule has 26 heavy (non-hydrogen) atoms. The summed E-state index contributed by atoms with van der Waals surface area (Å²) in [5.74, 6) is 0.860. The van der Waals surface area contributed by atoms with E-state index in [9.17, 15) is 4.79 Å². The second-order valence-corrected chi connectivity index (χ2v) is 5.76. The minimum Gasteiger partial charge on any atom is -0.454 e. The predicted molar refractivity (Wildman–Crippen MR) is 112 cm³/mol. The van der Waals surface area contributed by atoms with Crippen LogP contribution in [-0.4, -0.2) is 34.7 Å².